The van der Waals surface area contributed by atoms with Gasteiger partial charge in [0.2, 0.25) is 0 Å². The van der Waals surface area contributed by atoms with E-state index in [-0.39, 0.29) is 5.92 Å². The van der Waals surface area contributed by atoms with Crippen LogP contribution >= 0.6 is 0 Å². The summed E-state index contributed by atoms with van der Waals surface area (Å²) in [5, 5.41) is 0. The van der Waals surface area contributed by atoms with E-state index in [1.165, 1.54) is 19.3 Å². The zero-order valence-electron chi connectivity index (χ0n) is 12.7. The zero-order valence-corrected chi connectivity index (χ0v) is 12.7. The van der Waals surface area contributed by atoms with Crippen LogP contribution in [0.5, 0.6) is 5.75 Å². The minimum atomic E-state index is 0.236. The van der Waals surface area contributed by atoms with Gasteiger partial charge >= 0.3 is 0 Å². The number of hydrogen-bond acceptors (Lipinski definition) is 2. The van der Waals surface area contributed by atoms with Gasteiger partial charge in [0.15, 0.2) is 5.78 Å². The third-order valence-electron chi connectivity index (χ3n) is 4.41. The Kier molecular flexibility index (Phi) is 5.63. The molecule has 0 saturated heterocycles. The van der Waals surface area contributed by atoms with Crippen LogP contribution in [0.2, 0.25) is 0 Å². The van der Waals surface area contributed by atoms with Gasteiger partial charge < -0.3 is 4.74 Å². The Morgan fingerprint density at radius 2 is 1.75 bits per heavy atom. The second kappa shape index (κ2) is 7.47. The van der Waals surface area contributed by atoms with Crippen LogP contribution in [0.25, 0.3) is 0 Å². The third kappa shape index (κ3) is 3.84. The first-order valence-electron chi connectivity index (χ1n) is 8.01. The highest BCUT2D eigenvalue weighted by Crippen LogP contribution is 2.32. The first-order valence-corrected chi connectivity index (χ1v) is 8.01. The summed E-state index contributed by atoms with van der Waals surface area (Å²) in [7, 11) is 0. The molecule has 0 bridgehead atoms. The molecule has 110 valence electrons. The van der Waals surface area contributed by atoms with Gasteiger partial charge in [-0.15, -0.1) is 0 Å². The van der Waals surface area contributed by atoms with E-state index in [0.29, 0.717) is 5.78 Å². The van der Waals surface area contributed by atoms with Gasteiger partial charge in [-0.1, -0.05) is 20.3 Å². The van der Waals surface area contributed by atoms with Crippen molar-refractivity contribution in [2.24, 2.45) is 11.8 Å². The predicted molar refractivity (Wildman–Crippen MR) is 82.3 cm³/mol. The van der Waals surface area contributed by atoms with Crippen LogP contribution in [0.1, 0.15) is 62.7 Å². The molecule has 0 heterocycles. The summed E-state index contributed by atoms with van der Waals surface area (Å²) in [6, 6.07) is 7.67. The van der Waals surface area contributed by atoms with Crippen molar-refractivity contribution >= 4 is 5.78 Å². The van der Waals surface area contributed by atoms with Gasteiger partial charge in [-0.25, -0.2) is 0 Å². The molecule has 0 aliphatic heterocycles. The van der Waals surface area contributed by atoms with Gasteiger partial charge in [0, 0.05) is 11.5 Å². The van der Waals surface area contributed by atoms with E-state index >= 15 is 0 Å². The molecule has 0 N–H and O–H groups in total. The summed E-state index contributed by atoms with van der Waals surface area (Å²) in [4.78, 5) is 12.5. The highest BCUT2D eigenvalue weighted by molar-refractivity contribution is 5.97. The lowest BCUT2D eigenvalue weighted by Gasteiger charge is -2.26. The fourth-order valence-electron chi connectivity index (χ4n) is 3.00. The Hall–Kier alpha value is -1.31. The molecule has 0 atom stereocenters. The fraction of sp³-hybridized carbons (Fsp3) is 0.611. The minimum Gasteiger partial charge on any atom is -0.494 e. The topological polar surface area (TPSA) is 26.3 Å². The molecule has 1 aromatic rings. The number of rotatable bonds is 6. The average molecular weight is 274 g/mol. The molecule has 20 heavy (non-hydrogen) atoms. The second-order valence-corrected chi connectivity index (χ2v) is 5.86. The molecule has 2 nitrogen and oxygen atoms in total. The van der Waals surface area contributed by atoms with Crippen LogP contribution in [0.15, 0.2) is 24.3 Å². The molecular weight excluding hydrogens is 248 g/mol. The lowest BCUT2D eigenvalue weighted by molar-refractivity contribution is 0.0871. The standard InChI is InChI=1S/C18H26O2/c1-3-13-20-17-11-9-16(10-12-17)18(19)15-7-5-14(4-2)6-8-15/h9-12,14-15H,3-8,13H2,1-2H3. The SMILES string of the molecule is CCCOc1ccc(C(=O)C2CCC(CC)CC2)cc1. The van der Waals surface area contributed by atoms with Crippen molar-refractivity contribution in [3.63, 3.8) is 0 Å². The first-order chi connectivity index (χ1) is 9.74. The van der Waals surface area contributed by atoms with Gasteiger partial charge in [0.05, 0.1) is 6.61 Å². The molecule has 0 aromatic heterocycles. The lowest BCUT2D eigenvalue weighted by Crippen LogP contribution is -2.21. The van der Waals surface area contributed by atoms with Crippen LogP contribution in [-0.4, -0.2) is 12.4 Å². The first kappa shape index (κ1) is 15.1. The second-order valence-electron chi connectivity index (χ2n) is 5.86. The number of carbonyl (C=O) groups excluding carboxylic acids is 1. The molecule has 1 saturated carbocycles. The van der Waals surface area contributed by atoms with E-state index in [1.807, 2.05) is 24.3 Å². The summed E-state index contributed by atoms with van der Waals surface area (Å²) in [5.41, 5.74) is 0.841. The Morgan fingerprint density at radius 1 is 1.10 bits per heavy atom. The number of carbonyl (C=O) groups is 1. The van der Waals surface area contributed by atoms with Gasteiger partial charge in [0.25, 0.3) is 0 Å². The highest BCUT2D eigenvalue weighted by Gasteiger charge is 2.26. The van der Waals surface area contributed by atoms with Crippen molar-refractivity contribution in [3.05, 3.63) is 29.8 Å². The van der Waals surface area contributed by atoms with Crippen molar-refractivity contribution < 1.29 is 9.53 Å². The van der Waals surface area contributed by atoms with Gasteiger partial charge in [-0.2, -0.15) is 0 Å². The Labute approximate surface area is 122 Å². The van der Waals surface area contributed by atoms with Crippen molar-refractivity contribution in [1.29, 1.82) is 0 Å². The number of ketones is 1. The Balaban J connectivity index is 1.92. The molecule has 1 fully saturated rings. The van der Waals surface area contributed by atoms with E-state index in [0.717, 1.165) is 43.1 Å². The molecule has 0 unspecified atom stereocenters. The number of Topliss-reactive ketones (excluding diaryl/α,β-unsaturated/α-hetero) is 1. The summed E-state index contributed by atoms with van der Waals surface area (Å²) < 4.78 is 5.55. The summed E-state index contributed by atoms with van der Waals surface area (Å²) in [6.45, 7) is 5.07. The fourth-order valence-corrected chi connectivity index (χ4v) is 3.00. The van der Waals surface area contributed by atoms with Gasteiger partial charge in [-0.3, -0.25) is 4.79 Å². The number of benzene rings is 1. The summed E-state index contributed by atoms with van der Waals surface area (Å²) in [6.07, 6.45) is 6.80. The van der Waals surface area contributed by atoms with Crippen LogP contribution in [0.3, 0.4) is 0 Å². The molecular formula is C18H26O2. The van der Waals surface area contributed by atoms with Crippen LogP contribution in [-0.2, 0) is 0 Å². The summed E-state index contributed by atoms with van der Waals surface area (Å²) >= 11 is 0. The molecule has 1 aliphatic rings. The minimum absolute atomic E-state index is 0.236. The van der Waals surface area contributed by atoms with Gasteiger partial charge in [0.1, 0.15) is 5.75 Å². The smallest absolute Gasteiger partial charge is 0.165 e. The largest absolute Gasteiger partial charge is 0.494 e. The zero-order chi connectivity index (χ0) is 14.4. The normalized spacial score (nSPS) is 22.5. The lowest BCUT2D eigenvalue weighted by atomic mass is 9.78. The maximum Gasteiger partial charge on any atom is 0.165 e. The van der Waals surface area contributed by atoms with E-state index in [1.54, 1.807) is 0 Å². The molecule has 1 aromatic carbocycles. The quantitative estimate of drug-likeness (QED) is 0.691. The van der Waals surface area contributed by atoms with Gasteiger partial charge in [-0.05, 0) is 62.3 Å². The molecule has 0 amide bonds. The predicted octanol–water partition coefficient (Wildman–Crippen LogP) is 4.87. The van der Waals surface area contributed by atoms with E-state index in [9.17, 15) is 4.79 Å². The summed E-state index contributed by atoms with van der Waals surface area (Å²) in [5.74, 6) is 2.25. The van der Waals surface area contributed by atoms with Crippen LogP contribution < -0.4 is 4.74 Å². The van der Waals surface area contributed by atoms with Crippen molar-refractivity contribution in [2.45, 2.75) is 52.4 Å². The molecule has 0 radical (unpaired) electrons. The van der Waals surface area contributed by atoms with E-state index < -0.39 is 0 Å². The average Bonchev–Trinajstić information content (AvgIpc) is 2.53. The maximum absolute atomic E-state index is 12.5. The molecule has 1 aliphatic carbocycles. The van der Waals surface area contributed by atoms with Crippen molar-refractivity contribution in [1.82, 2.24) is 0 Å². The third-order valence-corrected chi connectivity index (χ3v) is 4.41. The van der Waals surface area contributed by atoms with Crippen molar-refractivity contribution in [2.75, 3.05) is 6.61 Å². The molecule has 2 rings (SSSR count). The Bertz CT molecular complexity index is 414. The van der Waals surface area contributed by atoms with E-state index in [4.69, 9.17) is 4.74 Å². The maximum atomic E-state index is 12.5. The number of hydrogen-bond donors (Lipinski definition) is 0. The number of ether oxygens (including phenoxy) is 1. The monoisotopic (exact) mass is 274 g/mol. The van der Waals surface area contributed by atoms with E-state index in [2.05, 4.69) is 13.8 Å². The molecule has 0 spiro atoms. The van der Waals surface area contributed by atoms with Crippen LogP contribution in [0.4, 0.5) is 0 Å². The van der Waals surface area contributed by atoms with Crippen molar-refractivity contribution in [3.8, 4) is 5.75 Å². The highest BCUT2D eigenvalue weighted by atomic mass is 16.5. The molecule has 2 heteroatoms. The van der Waals surface area contributed by atoms with Crippen LogP contribution in [0, 0.1) is 11.8 Å². The Morgan fingerprint density at radius 3 is 2.30 bits per heavy atom.